The Hall–Kier alpha value is -0.110. The van der Waals surface area contributed by atoms with Gasteiger partial charge in [-0.1, -0.05) is 0 Å². The van der Waals surface area contributed by atoms with Crippen molar-refractivity contribution >= 4 is 11.8 Å². The van der Waals surface area contributed by atoms with E-state index in [1.807, 2.05) is 6.26 Å². The SMILES string of the molecule is CC(C)=COC(C)C1CC2CCC1S2. The molecule has 2 heteroatoms. The van der Waals surface area contributed by atoms with Crippen molar-refractivity contribution in [3.8, 4) is 0 Å². The predicted octanol–water partition coefficient (Wildman–Crippen LogP) is 3.60. The number of thioether (sulfide) groups is 1. The van der Waals surface area contributed by atoms with E-state index in [9.17, 15) is 0 Å². The lowest BCUT2D eigenvalue weighted by molar-refractivity contribution is 0.0909. The van der Waals surface area contributed by atoms with Crippen molar-refractivity contribution in [2.75, 3.05) is 0 Å². The molecule has 2 aliphatic heterocycles. The smallest absolute Gasteiger partial charge is 0.0989 e. The molecule has 0 N–H and O–H groups in total. The molecule has 0 aliphatic carbocycles. The lowest BCUT2D eigenvalue weighted by Crippen LogP contribution is -2.27. The van der Waals surface area contributed by atoms with E-state index in [1.54, 1.807) is 0 Å². The summed E-state index contributed by atoms with van der Waals surface area (Å²) in [5.74, 6) is 0.800. The van der Waals surface area contributed by atoms with E-state index in [0.29, 0.717) is 6.10 Å². The zero-order chi connectivity index (χ0) is 10.1. The van der Waals surface area contributed by atoms with E-state index in [2.05, 4.69) is 32.5 Å². The van der Waals surface area contributed by atoms with Gasteiger partial charge in [-0.05, 0) is 45.6 Å². The fraction of sp³-hybridized carbons (Fsp3) is 0.833. The van der Waals surface area contributed by atoms with Gasteiger partial charge in [0.05, 0.1) is 12.4 Å². The number of fused-ring (bicyclic) bond motifs is 2. The molecular weight excluding hydrogens is 192 g/mol. The van der Waals surface area contributed by atoms with Crippen LogP contribution in [0.25, 0.3) is 0 Å². The fourth-order valence-corrected chi connectivity index (χ4v) is 4.42. The van der Waals surface area contributed by atoms with E-state index in [4.69, 9.17) is 4.74 Å². The average molecular weight is 212 g/mol. The normalized spacial score (nSPS) is 36.9. The zero-order valence-electron chi connectivity index (χ0n) is 9.32. The molecule has 4 atom stereocenters. The highest BCUT2D eigenvalue weighted by molar-refractivity contribution is 8.01. The van der Waals surface area contributed by atoms with Gasteiger partial charge in [-0.15, -0.1) is 0 Å². The van der Waals surface area contributed by atoms with E-state index >= 15 is 0 Å². The summed E-state index contributed by atoms with van der Waals surface area (Å²) in [6, 6.07) is 0. The molecule has 0 aromatic rings. The molecule has 0 spiro atoms. The largest absolute Gasteiger partial charge is 0.498 e. The van der Waals surface area contributed by atoms with Crippen molar-refractivity contribution in [1.29, 1.82) is 0 Å². The monoisotopic (exact) mass is 212 g/mol. The number of hydrogen-bond donors (Lipinski definition) is 0. The standard InChI is InChI=1S/C12H20OS/c1-8(2)7-13-9(3)11-6-10-4-5-12(11)14-10/h7,9-12H,4-6H2,1-3H3. The van der Waals surface area contributed by atoms with Gasteiger partial charge in [-0.3, -0.25) is 0 Å². The molecule has 2 fully saturated rings. The highest BCUT2D eigenvalue weighted by atomic mass is 32.2. The Kier molecular flexibility index (Phi) is 3.10. The van der Waals surface area contributed by atoms with Crippen LogP contribution >= 0.6 is 11.8 Å². The summed E-state index contributed by atoms with van der Waals surface area (Å²) in [6.45, 7) is 6.40. The lowest BCUT2D eigenvalue weighted by atomic mass is 9.86. The number of rotatable bonds is 3. The third-order valence-corrected chi connectivity index (χ3v) is 5.02. The molecule has 2 heterocycles. The van der Waals surface area contributed by atoms with Crippen LogP contribution in [0.3, 0.4) is 0 Å². The van der Waals surface area contributed by atoms with E-state index in [-0.39, 0.29) is 0 Å². The summed E-state index contributed by atoms with van der Waals surface area (Å²) in [5.41, 5.74) is 1.26. The molecule has 0 saturated carbocycles. The number of allylic oxidation sites excluding steroid dienone is 1. The molecule has 2 saturated heterocycles. The van der Waals surface area contributed by atoms with Crippen LogP contribution in [0.2, 0.25) is 0 Å². The van der Waals surface area contributed by atoms with Gasteiger partial charge in [0.15, 0.2) is 0 Å². The van der Waals surface area contributed by atoms with Crippen molar-refractivity contribution in [3.63, 3.8) is 0 Å². The Labute approximate surface area is 91.3 Å². The summed E-state index contributed by atoms with van der Waals surface area (Å²) in [7, 11) is 0. The Morgan fingerprint density at radius 3 is 2.71 bits per heavy atom. The van der Waals surface area contributed by atoms with Crippen LogP contribution in [0.1, 0.15) is 40.0 Å². The topological polar surface area (TPSA) is 9.23 Å². The number of ether oxygens (including phenoxy) is 1. The van der Waals surface area contributed by atoms with E-state index in [1.165, 1.54) is 24.8 Å². The van der Waals surface area contributed by atoms with Crippen molar-refractivity contribution in [3.05, 3.63) is 11.8 Å². The van der Waals surface area contributed by atoms with Crippen LogP contribution in [0.5, 0.6) is 0 Å². The molecule has 0 aromatic heterocycles. The summed E-state index contributed by atoms with van der Waals surface area (Å²) >= 11 is 2.20. The van der Waals surface area contributed by atoms with Gasteiger partial charge in [0.2, 0.25) is 0 Å². The minimum absolute atomic E-state index is 0.410. The van der Waals surface area contributed by atoms with Crippen LogP contribution in [0.4, 0.5) is 0 Å². The second-order valence-electron chi connectivity index (χ2n) is 4.81. The highest BCUT2D eigenvalue weighted by Crippen LogP contribution is 2.50. The van der Waals surface area contributed by atoms with Gasteiger partial charge in [0.1, 0.15) is 0 Å². The lowest BCUT2D eigenvalue weighted by Gasteiger charge is -2.26. The second-order valence-corrected chi connectivity index (χ2v) is 6.35. The van der Waals surface area contributed by atoms with Crippen molar-refractivity contribution < 1.29 is 4.74 Å². The Bertz CT molecular complexity index is 232. The minimum atomic E-state index is 0.410. The predicted molar refractivity (Wildman–Crippen MR) is 62.5 cm³/mol. The van der Waals surface area contributed by atoms with Crippen molar-refractivity contribution in [2.24, 2.45) is 5.92 Å². The molecule has 14 heavy (non-hydrogen) atoms. The van der Waals surface area contributed by atoms with Gasteiger partial charge in [0.25, 0.3) is 0 Å². The molecule has 1 nitrogen and oxygen atoms in total. The molecule has 4 unspecified atom stereocenters. The van der Waals surface area contributed by atoms with Crippen molar-refractivity contribution in [2.45, 2.75) is 56.6 Å². The third kappa shape index (κ3) is 2.10. The van der Waals surface area contributed by atoms with E-state index < -0.39 is 0 Å². The Morgan fingerprint density at radius 2 is 2.21 bits per heavy atom. The summed E-state index contributed by atoms with van der Waals surface area (Å²) in [5, 5.41) is 1.84. The maximum Gasteiger partial charge on any atom is 0.0989 e. The van der Waals surface area contributed by atoms with Gasteiger partial charge >= 0.3 is 0 Å². The van der Waals surface area contributed by atoms with Crippen LogP contribution in [0, 0.1) is 5.92 Å². The molecule has 2 bridgehead atoms. The first-order chi connectivity index (χ1) is 6.66. The molecule has 0 amide bonds. The minimum Gasteiger partial charge on any atom is -0.498 e. The average Bonchev–Trinajstić information content (AvgIpc) is 2.74. The molecule has 2 aliphatic rings. The van der Waals surface area contributed by atoms with Gasteiger partial charge < -0.3 is 4.74 Å². The van der Waals surface area contributed by atoms with Crippen molar-refractivity contribution in [1.82, 2.24) is 0 Å². The Morgan fingerprint density at radius 1 is 1.43 bits per heavy atom. The third-order valence-electron chi connectivity index (χ3n) is 3.27. The molecule has 0 aromatic carbocycles. The van der Waals surface area contributed by atoms with Crippen LogP contribution in [-0.4, -0.2) is 16.6 Å². The Balaban J connectivity index is 1.86. The quantitative estimate of drug-likeness (QED) is 0.661. The molecule has 2 rings (SSSR count). The first-order valence-electron chi connectivity index (χ1n) is 5.61. The van der Waals surface area contributed by atoms with Gasteiger partial charge in [-0.2, -0.15) is 11.8 Å². The zero-order valence-corrected chi connectivity index (χ0v) is 10.1. The molecular formula is C12H20OS. The van der Waals surface area contributed by atoms with Crippen LogP contribution < -0.4 is 0 Å². The van der Waals surface area contributed by atoms with Crippen LogP contribution in [0.15, 0.2) is 11.8 Å². The maximum absolute atomic E-state index is 5.76. The first kappa shape index (κ1) is 10.4. The molecule has 80 valence electrons. The first-order valence-corrected chi connectivity index (χ1v) is 6.55. The van der Waals surface area contributed by atoms with Gasteiger partial charge in [0, 0.05) is 16.4 Å². The summed E-state index contributed by atoms with van der Waals surface area (Å²) < 4.78 is 5.76. The molecule has 0 radical (unpaired) electrons. The fourth-order valence-electron chi connectivity index (χ4n) is 2.52. The van der Waals surface area contributed by atoms with Gasteiger partial charge in [-0.25, -0.2) is 0 Å². The van der Waals surface area contributed by atoms with E-state index in [0.717, 1.165) is 16.4 Å². The van der Waals surface area contributed by atoms with Crippen LogP contribution in [-0.2, 0) is 4.74 Å². The highest BCUT2D eigenvalue weighted by Gasteiger charge is 2.43. The summed E-state index contributed by atoms with van der Waals surface area (Å²) in [4.78, 5) is 0. The summed E-state index contributed by atoms with van der Waals surface area (Å²) in [6.07, 6.45) is 6.57. The maximum atomic E-state index is 5.76. The number of hydrogen-bond acceptors (Lipinski definition) is 2. The second kappa shape index (κ2) is 4.18.